The smallest absolute Gasteiger partial charge is 0.220 e. The molecule has 0 atom stereocenters. The highest BCUT2D eigenvalue weighted by Gasteiger charge is 2.32. The summed E-state index contributed by atoms with van der Waals surface area (Å²) < 4.78 is 34.6. The molecule has 4 aromatic rings. The molecule has 162 valence electrons. The maximum atomic E-state index is 13.0. The van der Waals surface area contributed by atoms with Gasteiger partial charge in [-0.2, -0.15) is 4.52 Å². The Morgan fingerprint density at radius 1 is 1.10 bits per heavy atom. The first kappa shape index (κ1) is 19.9. The van der Waals surface area contributed by atoms with Crippen molar-refractivity contribution in [1.29, 1.82) is 0 Å². The number of hydrogen-bond donors (Lipinski definition) is 0. The molecule has 10 nitrogen and oxygen atoms in total. The van der Waals surface area contributed by atoms with Crippen molar-refractivity contribution < 1.29 is 12.9 Å². The predicted molar refractivity (Wildman–Crippen MR) is 115 cm³/mol. The molecule has 3 aromatic heterocycles. The lowest BCUT2D eigenvalue weighted by atomic mass is 9.97. The molecular weight excluding hydrogens is 418 g/mol. The third kappa shape index (κ3) is 3.63. The number of hydrogen-bond acceptors (Lipinski definition) is 8. The number of nitrogens with zero attached hydrogens (tertiary/aromatic N) is 7. The summed E-state index contributed by atoms with van der Waals surface area (Å²) >= 11 is 0. The van der Waals surface area contributed by atoms with E-state index in [9.17, 15) is 8.42 Å². The van der Waals surface area contributed by atoms with Crippen LogP contribution in [-0.4, -0.2) is 64.9 Å². The van der Waals surface area contributed by atoms with Gasteiger partial charge in [-0.15, -0.1) is 15.3 Å². The maximum absolute atomic E-state index is 13.0. The zero-order chi connectivity index (χ0) is 21.6. The zero-order valence-corrected chi connectivity index (χ0v) is 18.2. The van der Waals surface area contributed by atoms with E-state index in [-0.39, 0.29) is 11.7 Å². The van der Waals surface area contributed by atoms with E-state index in [4.69, 9.17) is 4.52 Å². The van der Waals surface area contributed by atoms with Crippen LogP contribution in [0.4, 0.5) is 5.82 Å². The number of piperidine rings is 1. The topological polar surface area (TPSA) is 110 Å². The van der Waals surface area contributed by atoms with Crippen LogP contribution < -0.4 is 4.90 Å². The van der Waals surface area contributed by atoms with Crippen molar-refractivity contribution >= 4 is 32.5 Å². The molecule has 0 amide bonds. The van der Waals surface area contributed by atoms with Crippen molar-refractivity contribution in [1.82, 2.24) is 29.3 Å². The highest BCUT2D eigenvalue weighted by molar-refractivity contribution is 7.88. The Hall–Kier alpha value is -3.05. The van der Waals surface area contributed by atoms with Crippen molar-refractivity contribution in [2.24, 2.45) is 0 Å². The van der Waals surface area contributed by atoms with Crippen LogP contribution in [0.15, 0.2) is 40.9 Å². The Morgan fingerprint density at radius 3 is 2.65 bits per heavy atom. The van der Waals surface area contributed by atoms with Gasteiger partial charge in [0.05, 0.1) is 0 Å². The number of anilines is 1. The van der Waals surface area contributed by atoms with Crippen molar-refractivity contribution in [2.45, 2.75) is 24.5 Å². The zero-order valence-electron chi connectivity index (χ0n) is 17.3. The number of fused-ring (bicyclic) bond motifs is 2. The van der Waals surface area contributed by atoms with E-state index in [0.717, 1.165) is 17.0 Å². The number of rotatable bonds is 5. The molecule has 0 N–H and O–H groups in total. The first-order valence-electron chi connectivity index (χ1n) is 10.1. The highest BCUT2D eigenvalue weighted by atomic mass is 32.2. The average Bonchev–Trinajstić information content (AvgIpc) is 3.37. The first-order chi connectivity index (χ1) is 14.9. The summed E-state index contributed by atoms with van der Waals surface area (Å²) in [6.07, 6.45) is 1.32. The Labute approximate surface area is 179 Å². The van der Waals surface area contributed by atoms with Crippen molar-refractivity contribution in [3.63, 3.8) is 0 Å². The van der Waals surface area contributed by atoms with E-state index in [1.807, 2.05) is 49.3 Å². The van der Waals surface area contributed by atoms with Gasteiger partial charge in [-0.05, 0) is 37.1 Å². The molecule has 4 heterocycles. The van der Waals surface area contributed by atoms with E-state index >= 15 is 0 Å². The molecular formula is C20H23N7O3S. The lowest BCUT2D eigenvalue weighted by Crippen LogP contribution is -2.39. The monoisotopic (exact) mass is 441 g/mol. The second-order valence-electron chi connectivity index (χ2n) is 7.97. The van der Waals surface area contributed by atoms with Gasteiger partial charge < -0.3 is 9.42 Å². The molecule has 0 radical (unpaired) electrons. The number of benzene rings is 1. The highest BCUT2D eigenvalue weighted by Crippen LogP contribution is 2.30. The third-order valence-electron chi connectivity index (χ3n) is 5.71. The van der Waals surface area contributed by atoms with Gasteiger partial charge in [-0.1, -0.05) is 17.3 Å². The minimum absolute atomic E-state index is 0.0965. The molecule has 11 heteroatoms. The minimum atomic E-state index is -3.50. The summed E-state index contributed by atoms with van der Waals surface area (Å²) in [6.45, 7) is 0.843. The lowest BCUT2D eigenvalue weighted by Gasteiger charge is -2.30. The summed E-state index contributed by atoms with van der Waals surface area (Å²) in [5, 5.41) is 17.9. The van der Waals surface area contributed by atoms with Crippen LogP contribution in [0.3, 0.4) is 0 Å². The first-order valence-corrected chi connectivity index (χ1v) is 11.7. The van der Waals surface area contributed by atoms with E-state index in [1.54, 1.807) is 10.6 Å². The van der Waals surface area contributed by atoms with Gasteiger partial charge in [0.2, 0.25) is 10.0 Å². The minimum Gasteiger partial charge on any atom is -0.361 e. The quantitative estimate of drug-likeness (QED) is 0.463. The summed E-state index contributed by atoms with van der Waals surface area (Å²) in [5.74, 6) is 1.52. The van der Waals surface area contributed by atoms with Gasteiger partial charge in [0.15, 0.2) is 17.1 Å². The van der Waals surface area contributed by atoms with E-state index in [2.05, 4.69) is 20.5 Å². The second-order valence-corrected chi connectivity index (χ2v) is 9.94. The molecule has 1 aromatic carbocycles. The molecule has 1 saturated heterocycles. The Balaban J connectivity index is 1.32. The van der Waals surface area contributed by atoms with E-state index in [0.29, 0.717) is 42.9 Å². The molecule has 31 heavy (non-hydrogen) atoms. The second kappa shape index (κ2) is 7.57. The normalized spacial score (nSPS) is 16.3. The van der Waals surface area contributed by atoms with Crippen LogP contribution in [0, 0.1) is 0 Å². The van der Waals surface area contributed by atoms with Gasteiger partial charge >= 0.3 is 0 Å². The molecule has 1 aliphatic rings. The Morgan fingerprint density at radius 2 is 1.87 bits per heavy atom. The molecule has 0 aliphatic carbocycles. The molecule has 0 bridgehead atoms. The SMILES string of the molecule is CN(C)c1ccc2nnc(C3CCN(S(=O)(=O)Cc4noc5ccccc45)CC3)n2n1. The number of aromatic nitrogens is 5. The fraction of sp³-hybridized carbons (Fsp3) is 0.400. The summed E-state index contributed by atoms with van der Waals surface area (Å²) in [7, 11) is 0.356. The van der Waals surface area contributed by atoms with Gasteiger partial charge in [0.1, 0.15) is 17.3 Å². The van der Waals surface area contributed by atoms with Crippen molar-refractivity contribution in [2.75, 3.05) is 32.1 Å². The third-order valence-corrected chi connectivity index (χ3v) is 7.50. The fourth-order valence-electron chi connectivity index (χ4n) is 3.99. The van der Waals surface area contributed by atoms with Crippen molar-refractivity contribution in [3.8, 4) is 0 Å². The van der Waals surface area contributed by atoms with Crippen LogP contribution in [0.1, 0.15) is 30.3 Å². The molecule has 1 aliphatic heterocycles. The number of para-hydroxylation sites is 1. The summed E-state index contributed by atoms with van der Waals surface area (Å²) in [4.78, 5) is 1.92. The van der Waals surface area contributed by atoms with Crippen molar-refractivity contribution in [3.05, 3.63) is 47.9 Å². The largest absolute Gasteiger partial charge is 0.361 e. The molecule has 5 rings (SSSR count). The lowest BCUT2D eigenvalue weighted by molar-refractivity contribution is 0.311. The fourth-order valence-corrected chi connectivity index (χ4v) is 5.49. The summed E-state index contributed by atoms with van der Waals surface area (Å²) in [6, 6.07) is 11.1. The van der Waals surface area contributed by atoms with Crippen LogP contribution in [-0.2, 0) is 15.8 Å². The predicted octanol–water partition coefficient (Wildman–Crippen LogP) is 2.04. The molecule has 1 fully saturated rings. The van der Waals surface area contributed by atoms with E-state index < -0.39 is 10.0 Å². The van der Waals surface area contributed by atoms with Crippen LogP contribution in [0.5, 0.6) is 0 Å². The Kier molecular flexibility index (Phi) is 4.86. The van der Waals surface area contributed by atoms with Crippen LogP contribution in [0.2, 0.25) is 0 Å². The standard InChI is InChI=1S/C20H23N7O3S/c1-25(2)19-8-7-18-21-22-20(27(18)23-19)14-9-11-26(12-10-14)31(28,29)13-16-15-5-3-4-6-17(15)30-24-16/h3-8,14H,9-13H2,1-2H3. The van der Waals surface area contributed by atoms with E-state index in [1.165, 1.54) is 4.31 Å². The van der Waals surface area contributed by atoms with Gasteiger partial charge in [-0.3, -0.25) is 0 Å². The Bertz CT molecular complexity index is 1340. The molecule has 0 saturated carbocycles. The van der Waals surface area contributed by atoms with Gasteiger partial charge in [0.25, 0.3) is 0 Å². The summed E-state index contributed by atoms with van der Waals surface area (Å²) in [5.41, 5.74) is 1.73. The van der Waals surface area contributed by atoms with Gasteiger partial charge in [-0.25, -0.2) is 12.7 Å². The molecule has 0 unspecified atom stereocenters. The van der Waals surface area contributed by atoms with Gasteiger partial charge in [0, 0.05) is 38.5 Å². The maximum Gasteiger partial charge on any atom is 0.220 e. The average molecular weight is 442 g/mol. The van der Waals surface area contributed by atoms with Crippen LogP contribution >= 0.6 is 0 Å². The van der Waals surface area contributed by atoms with Crippen LogP contribution in [0.25, 0.3) is 16.6 Å². The molecule has 0 spiro atoms. The number of sulfonamides is 1.